The van der Waals surface area contributed by atoms with Crippen molar-refractivity contribution in [3.63, 3.8) is 0 Å². The Morgan fingerprint density at radius 3 is 1.48 bits per heavy atom. The third-order valence-corrected chi connectivity index (χ3v) is 4.27. The minimum atomic E-state index is -0.780. The molecule has 0 N–H and O–H groups in total. The lowest BCUT2D eigenvalue weighted by Gasteiger charge is -2.33. The molecule has 0 aliphatic rings. The molecule has 3 aromatic carbocycles. The smallest absolute Gasteiger partial charge is 0.157 e. The second kappa shape index (κ2) is 6.90. The van der Waals surface area contributed by atoms with Crippen molar-refractivity contribution in [2.75, 3.05) is 7.11 Å². The summed E-state index contributed by atoms with van der Waals surface area (Å²) in [6, 6.07) is 28.1. The first kappa shape index (κ1) is 15.7. The lowest BCUT2D eigenvalue weighted by atomic mass is 9.80. The highest BCUT2D eigenvalue weighted by molar-refractivity contribution is 7.75. The van der Waals surface area contributed by atoms with Gasteiger partial charge in [-0.1, -0.05) is 72.8 Å². The lowest BCUT2D eigenvalue weighted by Crippen LogP contribution is -2.29. The van der Waals surface area contributed by atoms with E-state index in [1.54, 1.807) is 7.11 Å². The summed E-state index contributed by atoms with van der Waals surface area (Å²) >= 11 is 4.25. The number of rotatable bonds is 5. The van der Waals surface area contributed by atoms with Gasteiger partial charge < -0.3 is 4.74 Å². The number of benzene rings is 3. The van der Waals surface area contributed by atoms with E-state index in [2.05, 4.69) is 12.9 Å². The lowest BCUT2D eigenvalue weighted by molar-refractivity contribution is 0.198. The molecular formula is C20H18O2S. The molecule has 116 valence electrons. The minimum absolute atomic E-state index is 0.780. The Morgan fingerprint density at radius 1 is 0.652 bits per heavy atom. The van der Waals surface area contributed by atoms with E-state index in [9.17, 15) is 0 Å². The molecule has 0 aliphatic heterocycles. The van der Waals surface area contributed by atoms with Crippen LogP contribution in [0.2, 0.25) is 0 Å². The highest BCUT2D eigenvalue weighted by atomic mass is 32.1. The molecule has 3 rings (SSSR count). The molecule has 0 amide bonds. The van der Waals surface area contributed by atoms with E-state index in [-0.39, 0.29) is 0 Å². The van der Waals surface area contributed by atoms with Gasteiger partial charge in [-0.25, -0.2) is 0 Å². The van der Waals surface area contributed by atoms with E-state index in [0.717, 1.165) is 22.4 Å². The van der Waals surface area contributed by atoms with Crippen molar-refractivity contribution in [1.29, 1.82) is 0 Å². The van der Waals surface area contributed by atoms with Gasteiger partial charge in [0.15, 0.2) is 5.60 Å². The zero-order valence-electron chi connectivity index (χ0n) is 12.8. The number of hydrogen-bond acceptors (Lipinski definition) is 3. The summed E-state index contributed by atoms with van der Waals surface area (Å²) in [5.41, 5.74) is 2.25. The van der Waals surface area contributed by atoms with Gasteiger partial charge in [-0.3, -0.25) is 4.18 Å². The average Bonchev–Trinajstić information content (AvgIpc) is 2.65. The van der Waals surface area contributed by atoms with Gasteiger partial charge in [-0.05, 0) is 41.7 Å². The van der Waals surface area contributed by atoms with Crippen LogP contribution in [0.15, 0.2) is 84.9 Å². The topological polar surface area (TPSA) is 18.5 Å². The average molecular weight is 322 g/mol. The molecule has 0 unspecified atom stereocenters. The van der Waals surface area contributed by atoms with E-state index in [1.165, 1.54) is 0 Å². The minimum Gasteiger partial charge on any atom is -0.497 e. The Kier molecular flexibility index (Phi) is 4.70. The predicted octanol–water partition coefficient (Wildman–Crippen LogP) is 4.85. The molecule has 0 radical (unpaired) electrons. The normalized spacial score (nSPS) is 11.2. The Bertz CT molecular complexity index is 700. The van der Waals surface area contributed by atoms with Crippen LogP contribution < -0.4 is 4.74 Å². The highest BCUT2D eigenvalue weighted by Gasteiger charge is 2.37. The zero-order valence-corrected chi connectivity index (χ0v) is 13.7. The third kappa shape index (κ3) is 2.85. The molecule has 0 heterocycles. The molecule has 0 aromatic heterocycles. The van der Waals surface area contributed by atoms with Crippen LogP contribution >= 0.6 is 12.9 Å². The SMILES string of the molecule is COc1ccc(C(OS)(c2ccccc2)c2ccccc2)cc1. The number of methoxy groups -OCH3 is 1. The Hall–Kier alpha value is -2.23. The summed E-state index contributed by atoms with van der Waals surface area (Å²) in [6.07, 6.45) is 0. The van der Waals surface area contributed by atoms with E-state index in [4.69, 9.17) is 8.92 Å². The number of thiol groups is 1. The van der Waals surface area contributed by atoms with Gasteiger partial charge in [0.1, 0.15) is 5.75 Å². The molecule has 0 atom stereocenters. The Labute approximate surface area is 142 Å². The first-order chi connectivity index (χ1) is 11.3. The van der Waals surface area contributed by atoms with E-state index in [1.807, 2.05) is 84.9 Å². The molecule has 0 saturated carbocycles. The predicted molar refractivity (Wildman–Crippen MR) is 95.8 cm³/mol. The second-order valence-electron chi connectivity index (χ2n) is 5.23. The van der Waals surface area contributed by atoms with Crippen molar-refractivity contribution in [2.45, 2.75) is 5.60 Å². The maximum absolute atomic E-state index is 5.82. The second-order valence-corrected chi connectivity index (χ2v) is 5.42. The van der Waals surface area contributed by atoms with Gasteiger partial charge in [0, 0.05) is 0 Å². The molecule has 0 aliphatic carbocycles. The van der Waals surface area contributed by atoms with Crippen molar-refractivity contribution in [3.8, 4) is 5.75 Å². The zero-order chi connectivity index (χ0) is 16.1. The Morgan fingerprint density at radius 2 is 1.09 bits per heavy atom. The molecule has 23 heavy (non-hydrogen) atoms. The van der Waals surface area contributed by atoms with Crippen molar-refractivity contribution in [3.05, 3.63) is 102 Å². The van der Waals surface area contributed by atoms with Gasteiger partial charge in [0.2, 0.25) is 0 Å². The molecule has 0 bridgehead atoms. The fourth-order valence-electron chi connectivity index (χ4n) is 2.83. The van der Waals surface area contributed by atoms with E-state index in [0.29, 0.717) is 0 Å². The molecule has 0 fully saturated rings. The summed E-state index contributed by atoms with van der Waals surface area (Å²) < 4.78 is 11.1. The first-order valence-electron chi connectivity index (χ1n) is 7.39. The summed E-state index contributed by atoms with van der Waals surface area (Å²) in [5, 5.41) is 0. The van der Waals surface area contributed by atoms with Crippen molar-refractivity contribution >= 4 is 12.9 Å². The van der Waals surface area contributed by atoms with Crippen LogP contribution in [-0.2, 0) is 9.78 Å². The summed E-state index contributed by atoms with van der Waals surface area (Å²) in [7, 11) is 1.66. The fourth-order valence-corrected chi connectivity index (χ4v) is 3.15. The van der Waals surface area contributed by atoms with Crippen LogP contribution in [-0.4, -0.2) is 7.11 Å². The standard InChI is InChI=1S/C20H18O2S/c1-21-19-14-12-18(13-15-19)20(22-23,16-8-4-2-5-9-16)17-10-6-3-7-11-17/h2-15,23H,1H3. The van der Waals surface area contributed by atoms with E-state index >= 15 is 0 Å². The largest absolute Gasteiger partial charge is 0.497 e. The maximum Gasteiger partial charge on any atom is 0.157 e. The summed E-state index contributed by atoms with van der Waals surface area (Å²) in [6.45, 7) is 0. The monoisotopic (exact) mass is 322 g/mol. The van der Waals surface area contributed by atoms with E-state index < -0.39 is 5.60 Å². The number of hydrogen-bond donors (Lipinski definition) is 1. The van der Waals surface area contributed by atoms with Gasteiger partial charge in [0.05, 0.1) is 7.11 Å². The Balaban J connectivity index is 2.24. The summed E-state index contributed by atoms with van der Waals surface area (Å²) in [4.78, 5) is 0. The molecule has 0 spiro atoms. The van der Waals surface area contributed by atoms with Crippen LogP contribution in [0.25, 0.3) is 0 Å². The van der Waals surface area contributed by atoms with Crippen LogP contribution in [0.1, 0.15) is 16.7 Å². The van der Waals surface area contributed by atoms with Gasteiger partial charge >= 0.3 is 0 Å². The van der Waals surface area contributed by atoms with Crippen LogP contribution in [0.3, 0.4) is 0 Å². The van der Waals surface area contributed by atoms with Crippen LogP contribution in [0.5, 0.6) is 5.75 Å². The highest BCUT2D eigenvalue weighted by Crippen LogP contribution is 2.41. The van der Waals surface area contributed by atoms with Crippen LogP contribution in [0.4, 0.5) is 0 Å². The maximum atomic E-state index is 5.82. The molecule has 3 heteroatoms. The molecule has 0 saturated heterocycles. The van der Waals surface area contributed by atoms with Crippen molar-refractivity contribution < 1.29 is 8.92 Å². The molecular weight excluding hydrogens is 304 g/mol. The van der Waals surface area contributed by atoms with Gasteiger partial charge in [0.25, 0.3) is 0 Å². The fraction of sp³-hybridized carbons (Fsp3) is 0.100. The third-order valence-electron chi connectivity index (χ3n) is 3.99. The molecule has 3 aromatic rings. The molecule has 2 nitrogen and oxygen atoms in total. The quantitative estimate of drug-likeness (QED) is 0.411. The number of ether oxygens (including phenoxy) is 1. The van der Waals surface area contributed by atoms with Gasteiger partial charge in [-0.2, -0.15) is 0 Å². The van der Waals surface area contributed by atoms with Gasteiger partial charge in [-0.15, -0.1) is 0 Å². The van der Waals surface area contributed by atoms with Crippen LogP contribution in [0, 0.1) is 0 Å². The van der Waals surface area contributed by atoms with Crippen molar-refractivity contribution in [1.82, 2.24) is 0 Å². The summed E-state index contributed by atoms with van der Waals surface area (Å²) in [5.74, 6) is 0.808. The van der Waals surface area contributed by atoms with Crippen molar-refractivity contribution in [2.24, 2.45) is 0 Å². The first-order valence-corrected chi connectivity index (χ1v) is 7.76.